The number of amides is 1. The number of aliphatic hydroxyl groups is 1. The fraction of sp³-hybridized carbons (Fsp3) is 0.667. The van der Waals surface area contributed by atoms with Crippen LogP contribution in [0.25, 0.3) is 0 Å². The van der Waals surface area contributed by atoms with Crippen LogP contribution in [-0.2, 0) is 0 Å². The molecule has 1 aromatic heterocycles. The van der Waals surface area contributed by atoms with E-state index >= 15 is 0 Å². The van der Waals surface area contributed by atoms with Gasteiger partial charge in [0.25, 0.3) is 5.91 Å². The number of carbonyl (C=O) groups is 1. The summed E-state index contributed by atoms with van der Waals surface area (Å²) in [4.78, 5) is 14.0. The van der Waals surface area contributed by atoms with Crippen molar-refractivity contribution in [3.63, 3.8) is 0 Å². The minimum absolute atomic E-state index is 0.0242. The minimum atomic E-state index is -0.0242. The first-order valence-corrected chi connectivity index (χ1v) is 8.67. The molecule has 0 aromatic carbocycles. The summed E-state index contributed by atoms with van der Waals surface area (Å²) in [7, 11) is 0. The largest absolute Gasteiger partial charge is 0.459 e. The Bertz CT molecular complexity index is 426. The molecule has 1 aliphatic rings. The molecule has 0 saturated carbocycles. The third kappa shape index (κ3) is 4.25. The number of nitrogens with zero attached hydrogens (tertiary/aromatic N) is 1. The van der Waals surface area contributed by atoms with Crippen LogP contribution in [0, 0.1) is 0 Å². The number of carbonyl (C=O) groups excluding carboxylic acids is 1. The van der Waals surface area contributed by atoms with Crippen LogP contribution >= 0.6 is 11.8 Å². The smallest absolute Gasteiger partial charge is 0.289 e. The molecule has 5 nitrogen and oxygen atoms in total. The van der Waals surface area contributed by atoms with Gasteiger partial charge in [0.15, 0.2) is 5.76 Å². The maximum absolute atomic E-state index is 12.2. The zero-order valence-corrected chi connectivity index (χ0v) is 13.4. The first kappa shape index (κ1) is 16.4. The van der Waals surface area contributed by atoms with Crippen LogP contribution < -0.4 is 5.32 Å². The molecule has 118 valence electrons. The van der Waals surface area contributed by atoms with E-state index in [-0.39, 0.29) is 23.8 Å². The van der Waals surface area contributed by atoms with Gasteiger partial charge in [-0.3, -0.25) is 4.79 Å². The zero-order valence-electron chi connectivity index (χ0n) is 12.6. The van der Waals surface area contributed by atoms with E-state index in [2.05, 4.69) is 12.2 Å². The van der Waals surface area contributed by atoms with E-state index in [9.17, 15) is 9.90 Å². The molecule has 2 N–H and O–H groups in total. The van der Waals surface area contributed by atoms with Gasteiger partial charge in [-0.05, 0) is 38.2 Å². The van der Waals surface area contributed by atoms with Crippen molar-refractivity contribution in [2.75, 3.05) is 26.0 Å². The third-order valence-electron chi connectivity index (χ3n) is 4.05. The second kappa shape index (κ2) is 7.87. The summed E-state index contributed by atoms with van der Waals surface area (Å²) >= 11 is 1.68. The number of hydrogen-bond acceptors (Lipinski definition) is 5. The number of furan rings is 1. The van der Waals surface area contributed by atoms with E-state index in [0.29, 0.717) is 11.8 Å². The van der Waals surface area contributed by atoms with Crippen molar-refractivity contribution >= 4 is 17.7 Å². The fourth-order valence-corrected chi connectivity index (χ4v) is 3.36. The Morgan fingerprint density at radius 2 is 2.29 bits per heavy atom. The molecule has 2 unspecified atom stereocenters. The lowest BCUT2D eigenvalue weighted by molar-refractivity contribution is 0.0669. The number of nitrogens with one attached hydrogen (secondary N) is 1. The Morgan fingerprint density at radius 3 is 2.81 bits per heavy atom. The van der Waals surface area contributed by atoms with Gasteiger partial charge in [0.2, 0.25) is 0 Å². The van der Waals surface area contributed by atoms with Crippen LogP contribution in [0.3, 0.4) is 0 Å². The van der Waals surface area contributed by atoms with Gasteiger partial charge in [0.05, 0.1) is 12.9 Å². The number of piperidine rings is 1. The molecule has 2 atom stereocenters. The molecule has 2 rings (SSSR count). The molecular weight excluding hydrogens is 288 g/mol. The van der Waals surface area contributed by atoms with Gasteiger partial charge in [-0.2, -0.15) is 11.8 Å². The lowest BCUT2D eigenvalue weighted by Gasteiger charge is -2.34. The third-order valence-corrected chi connectivity index (χ3v) is 5.22. The van der Waals surface area contributed by atoms with Crippen LogP contribution in [0.4, 0.5) is 0 Å². The Balaban J connectivity index is 1.79. The zero-order chi connectivity index (χ0) is 15.2. The predicted molar refractivity (Wildman–Crippen MR) is 84.6 cm³/mol. The van der Waals surface area contributed by atoms with Crippen LogP contribution in [0.2, 0.25) is 0 Å². The van der Waals surface area contributed by atoms with Crippen LogP contribution in [0.1, 0.15) is 30.3 Å². The molecule has 1 saturated heterocycles. The first-order chi connectivity index (χ1) is 10.2. The molecule has 0 radical (unpaired) electrons. The van der Waals surface area contributed by atoms with Gasteiger partial charge in [0.1, 0.15) is 0 Å². The molecule has 0 aliphatic carbocycles. The Kier molecular flexibility index (Phi) is 6.14. The molecule has 2 heterocycles. The Morgan fingerprint density at radius 1 is 1.57 bits per heavy atom. The predicted octanol–water partition coefficient (Wildman–Crippen LogP) is 1.59. The van der Waals surface area contributed by atoms with Crippen molar-refractivity contribution in [3.8, 4) is 0 Å². The average Bonchev–Trinajstić information content (AvgIpc) is 3.03. The fourth-order valence-electron chi connectivity index (χ4n) is 2.72. The SMILES string of the molecule is CSC(CO)C(C)NC1CCN(C(=O)c2ccco2)CC1. The minimum Gasteiger partial charge on any atom is -0.459 e. The lowest BCUT2D eigenvalue weighted by Crippen LogP contribution is -2.49. The van der Waals surface area contributed by atoms with Crippen molar-refractivity contribution < 1.29 is 14.3 Å². The van der Waals surface area contributed by atoms with Crippen molar-refractivity contribution in [2.45, 2.75) is 37.1 Å². The molecule has 0 spiro atoms. The molecular formula is C15H24N2O3S. The number of hydrogen-bond donors (Lipinski definition) is 2. The summed E-state index contributed by atoms with van der Waals surface area (Å²) in [5, 5.41) is 13.1. The van der Waals surface area contributed by atoms with Gasteiger partial charge in [-0.1, -0.05) is 0 Å². The normalized spacial score (nSPS) is 19.5. The Hall–Kier alpha value is -0.980. The monoisotopic (exact) mass is 312 g/mol. The van der Waals surface area contributed by atoms with E-state index in [1.165, 1.54) is 6.26 Å². The van der Waals surface area contributed by atoms with Crippen molar-refractivity contribution in [2.24, 2.45) is 0 Å². The number of rotatable bonds is 6. The summed E-state index contributed by atoms with van der Waals surface area (Å²) in [5.74, 6) is 0.390. The highest BCUT2D eigenvalue weighted by molar-refractivity contribution is 7.99. The van der Waals surface area contributed by atoms with Crippen LogP contribution in [0.15, 0.2) is 22.8 Å². The topological polar surface area (TPSA) is 65.7 Å². The summed E-state index contributed by atoms with van der Waals surface area (Å²) in [6.45, 7) is 3.78. The summed E-state index contributed by atoms with van der Waals surface area (Å²) in [6.07, 6.45) is 5.41. The van der Waals surface area contributed by atoms with E-state index in [0.717, 1.165) is 25.9 Å². The van der Waals surface area contributed by atoms with Gasteiger partial charge in [0, 0.05) is 30.4 Å². The number of likely N-dealkylation sites (tertiary alicyclic amines) is 1. The van der Waals surface area contributed by atoms with Crippen molar-refractivity contribution in [1.82, 2.24) is 10.2 Å². The molecule has 1 aromatic rings. The summed E-state index contributed by atoms with van der Waals surface area (Å²) < 4.78 is 5.16. The van der Waals surface area contributed by atoms with Crippen molar-refractivity contribution in [1.29, 1.82) is 0 Å². The van der Waals surface area contributed by atoms with Gasteiger partial charge in [-0.25, -0.2) is 0 Å². The molecule has 6 heteroatoms. The second-order valence-corrected chi connectivity index (χ2v) is 6.53. The summed E-state index contributed by atoms with van der Waals surface area (Å²) in [5.41, 5.74) is 0. The van der Waals surface area contributed by atoms with E-state index in [1.807, 2.05) is 11.2 Å². The van der Waals surface area contributed by atoms with Gasteiger partial charge < -0.3 is 19.7 Å². The molecule has 1 fully saturated rings. The highest BCUT2D eigenvalue weighted by atomic mass is 32.2. The Labute approximate surface area is 130 Å². The van der Waals surface area contributed by atoms with E-state index in [1.54, 1.807) is 23.9 Å². The molecule has 1 amide bonds. The average molecular weight is 312 g/mol. The number of aliphatic hydroxyl groups excluding tert-OH is 1. The van der Waals surface area contributed by atoms with Crippen molar-refractivity contribution in [3.05, 3.63) is 24.2 Å². The second-order valence-electron chi connectivity index (χ2n) is 5.46. The lowest BCUT2D eigenvalue weighted by atomic mass is 10.0. The number of thioether (sulfide) groups is 1. The maximum Gasteiger partial charge on any atom is 0.289 e. The highest BCUT2D eigenvalue weighted by Crippen LogP contribution is 2.17. The molecule has 0 bridgehead atoms. The van der Waals surface area contributed by atoms with Crippen LogP contribution in [-0.4, -0.2) is 59.2 Å². The van der Waals surface area contributed by atoms with Gasteiger partial charge in [-0.15, -0.1) is 0 Å². The molecule has 21 heavy (non-hydrogen) atoms. The van der Waals surface area contributed by atoms with Gasteiger partial charge >= 0.3 is 0 Å². The van der Waals surface area contributed by atoms with Crippen LogP contribution in [0.5, 0.6) is 0 Å². The maximum atomic E-state index is 12.2. The van der Waals surface area contributed by atoms with E-state index in [4.69, 9.17) is 4.42 Å². The quantitative estimate of drug-likeness (QED) is 0.835. The standard InChI is InChI=1S/C15H24N2O3S/c1-11(14(10-18)21-2)16-12-5-7-17(8-6-12)15(19)13-4-3-9-20-13/h3-4,9,11-12,14,16,18H,5-8,10H2,1-2H3. The summed E-state index contributed by atoms with van der Waals surface area (Å²) in [6, 6.07) is 4.11. The first-order valence-electron chi connectivity index (χ1n) is 7.38. The highest BCUT2D eigenvalue weighted by Gasteiger charge is 2.26. The van der Waals surface area contributed by atoms with E-state index < -0.39 is 0 Å². The molecule has 1 aliphatic heterocycles.